The monoisotopic (exact) mass is 465 g/mol. The normalized spacial score (nSPS) is 21.1. The van der Waals surface area contributed by atoms with Gasteiger partial charge in [-0.25, -0.2) is 18.4 Å². The molecule has 2 N–H and O–H groups in total. The third-order valence-electron chi connectivity index (χ3n) is 6.06. The lowest BCUT2D eigenvalue weighted by molar-refractivity contribution is -0.133. The van der Waals surface area contributed by atoms with E-state index in [-0.39, 0.29) is 41.9 Å². The second-order valence-electron chi connectivity index (χ2n) is 8.34. The minimum atomic E-state index is -3.18. The Morgan fingerprint density at radius 1 is 1.12 bits per heavy atom. The topological polar surface area (TPSA) is 125 Å². The maximum atomic E-state index is 13.2. The summed E-state index contributed by atoms with van der Waals surface area (Å²) in [7, 11) is -3.18. The number of fused-ring (bicyclic) bond motifs is 1. The van der Waals surface area contributed by atoms with E-state index >= 15 is 0 Å². The van der Waals surface area contributed by atoms with Gasteiger partial charge in [-0.2, -0.15) is 5.10 Å². The fraction of sp³-hybridized carbons (Fsp3) is 0.304. The number of hydrazone groups is 1. The molecule has 1 aromatic heterocycles. The predicted octanol–water partition coefficient (Wildman–Crippen LogP) is 1.93. The van der Waals surface area contributed by atoms with Gasteiger partial charge in [0.05, 0.1) is 41.0 Å². The Morgan fingerprint density at radius 2 is 1.94 bits per heavy atom. The lowest BCUT2D eigenvalue weighted by atomic mass is 9.97. The highest BCUT2D eigenvalue weighted by atomic mass is 32.2. The molecule has 0 aliphatic carbocycles. The fourth-order valence-electron chi connectivity index (χ4n) is 4.34. The summed E-state index contributed by atoms with van der Waals surface area (Å²) < 4.78 is 23.7. The van der Waals surface area contributed by atoms with Crippen molar-refractivity contribution in [2.24, 2.45) is 5.10 Å². The number of nitrogens with zero attached hydrogens (tertiary/aromatic N) is 3. The van der Waals surface area contributed by atoms with E-state index in [1.807, 2.05) is 48.5 Å². The molecule has 2 atom stereocenters. The van der Waals surface area contributed by atoms with Gasteiger partial charge in [-0.3, -0.25) is 9.59 Å². The van der Waals surface area contributed by atoms with Gasteiger partial charge in [0.1, 0.15) is 5.71 Å². The Kier molecular flexibility index (Phi) is 5.45. The molecule has 2 amide bonds. The fourth-order valence-corrected chi connectivity index (χ4v) is 6.03. The Hall–Kier alpha value is -3.53. The van der Waals surface area contributed by atoms with Crippen LogP contribution in [0.4, 0.5) is 0 Å². The smallest absolute Gasteiger partial charge is 0.268 e. The molecule has 2 aliphatic heterocycles. The summed E-state index contributed by atoms with van der Waals surface area (Å²) in [5.74, 6) is -0.719. The standard InChI is InChI=1S/C23H23N5O4S/c29-21-9-8-19(27-28(21)17-10-11-33(31,32)13-17)23(30)26-22(15-4-2-1-3-5-15)16-6-7-18-20(12-16)25-14-24-18/h1-7,12,14,17,22H,8-11,13H2,(H,24,25)(H,26,30)/t17-,22+/m1/s1. The molecule has 9 nitrogen and oxygen atoms in total. The third-order valence-corrected chi connectivity index (χ3v) is 7.81. The number of rotatable bonds is 5. The zero-order valence-electron chi connectivity index (χ0n) is 17.8. The molecule has 0 saturated carbocycles. The van der Waals surface area contributed by atoms with Crippen LogP contribution >= 0.6 is 0 Å². The van der Waals surface area contributed by atoms with Gasteiger partial charge in [0, 0.05) is 12.8 Å². The Balaban J connectivity index is 1.43. The van der Waals surface area contributed by atoms with E-state index in [0.29, 0.717) is 6.42 Å². The van der Waals surface area contributed by atoms with Crippen LogP contribution in [0.3, 0.4) is 0 Å². The average Bonchev–Trinajstić information content (AvgIpc) is 3.43. The molecule has 0 spiro atoms. The summed E-state index contributed by atoms with van der Waals surface area (Å²) in [6.45, 7) is 0. The van der Waals surface area contributed by atoms with Gasteiger partial charge in [0.2, 0.25) is 5.91 Å². The first-order valence-corrected chi connectivity index (χ1v) is 12.6. The number of aromatic nitrogens is 2. The summed E-state index contributed by atoms with van der Waals surface area (Å²) in [5, 5.41) is 8.56. The predicted molar refractivity (Wildman–Crippen MR) is 123 cm³/mol. The van der Waals surface area contributed by atoms with Crippen molar-refractivity contribution in [2.75, 3.05) is 11.5 Å². The molecule has 0 radical (unpaired) electrons. The van der Waals surface area contributed by atoms with Crippen LogP contribution < -0.4 is 5.32 Å². The van der Waals surface area contributed by atoms with Crippen molar-refractivity contribution < 1.29 is 18.0 Å². The van der Waals surface area contributed by atoms with Crippen LogP contribution in [-0.2, 0) is 19.4 Å². The second kappa shape index (κ2) is 8.43. The first-order chi connectivity index (χ1) is 15.9. The molecule has 5 rings (SSSR count). The van der Waals surface area contributed by atoms with Crippen LogP contribution in [0.1, 0.15) is 36.4 Å². The average molecular weight is 466 g/mol. The zero-order valence-corrected chi connectivity index (χ0v) is 18.6. The number of amides is 2. The Labute approximate surface area is 190 Å². The molecule has 1 fully saturated rings. The number of H-pyrrole nitrogens is 1. The first kappa shape index (κ1) is 21.3. The highest BCUT2D eigenvalue weighted by Crippen LogP contribution is 2.26. The van der Waals surface area contributed by atoms with Crippen LogP contribution in [0.2, 0.25) is 0 Å². The lowest BCUT2D eigenvalue weighted by Gasteiger charge is -2.28. The van der Waals surface area contributed by atoms with Crippen molar-refractivity contribution in [3.63, 3.8) is 0 Å². The Morgan fingerprint density at radius 3 is 2.70 bits per heavy atom. The largest absolute Gasteiger partial charge is 0.345 e. The van der Waals surface area contributed by atoms with E-state index in [0.717, 1.165) is 22.2 Å². The van der Waals surface area contributed by atoms with Crippen molar-refractivity contribution in [1.82, 2.24) is 20.3 Å². The van der Waals surface area contributed by atoms with Gasteiger partial charge in [0.15, 0.2) is 9.84 Å². The molecule has 2 aliphatic rings. The van der Waals surface area contributed by atoms with Gasteiger partial charge in [-0.05, 0) is 29.7 Å². The Bertz CT molecular complexity index is 1350. The van der Waals surface area contributed by atoms with Gasteiger partial charge < -0.3 is 10.3 Å². The van der Waals surface area contributed by atoms with Crippen molar-refractivity contribution in [3.05, 3.63) is 66.0 Å². The van der Waals surface area contributed by atoms with Crippen molar-refractivity contribution in [2.45, 2.75) is 31.3 Å². The quantitative estimate of drug-likeness (QED) is 0.596. The van der Waals surface area contributed by atoms with E-state index < -0.39 is 21.9 Å². The van der Waals surface area contributed by atoms with Gasteiger partial charge in [-0.15, -0.1) is 0 Å². The lowest BCUT2D eigenvalue weighted by Crippen LogP contribution is -2.44. The molecular formula is C23H23N5O4S. The molecule has 2 aromatic carbocycles. The molecule has 10 heteroatoms. The first-order valence-electron chi connectivity index (χ1n) is 10.8. The highest BCUT2D eigenvalue weighted by Gasteiger charge is 2.37. The van der Waals surface area contributed by atoms with E-state index in [1.54, 1.807) is 6.33 Å². The van der Waals surface area contributed by atoms with Gasteiger partial charge in [-0.1, -0.05) is 36.4 Å². The van der Waals surface area contributed by atoms with E-state index in [2.05, 4.69) is 20.4 Å². The minimum absolute atomic E-state index is 0.0324. The molecule has 0 unspecified atom stereocenters. The number of nitrogens with one attached hydrogen (secondary N) is 2. The zero-order chi connectivity index (χ0) is 23.0. The maximum Gasteiger partial charge on any atom is 0.268 e. The molecular weight excluding hydrogens is 442 g/mol. The van der Waals surface area contributed by atoms with E-state index in [1.165, 1.54) is 5.01 Å². The number of carbonyl (C=O) groups excluding carboxylic acids is 2. The number of aromatic amines is 1. The number of imidazole rings is 1. The summed E-state index contributed by atoms with van der Waals surface area (Å²) in [6.07, 6.45) is 2.29. The molecule has 170 valence electrons. The second-order valence-corrected chi connectivity index (χ2v) is 10.6. The van der Waals surface area contributed by atoms with E-state index in [9.17, 15) is 18.0 Å². The van der Waals surface area contributed by atoms with Gasteiger partial charge >= 0.3 is 0 Å². The summed E-state index contributed by atoms with van der Waals surface area (Å²) in [5.41, 5.74) is 3.68. The summed E-state index contributed by atoms with van der Waals surface area (Å²) >= 11 is 0. The van der Waals surface area contributed by atoms with Gasteiger partial charge in [0.25, 0.3) is 5.91 Å². The molecule has 3 heterocycles. The van der Waals surface area contributed by atoms with Crippen molar-refractivity contribution in [1.29, 1.82) is 0 Å². The summed E-state index contributed by atoms with van der Waals surface area (Å²) in [6, 6.07) is 14.4. The van der Waals surface area contributed by atoms with Crippen LogP contribution in [0.25, 0.3) is 11.0 Å². The molecule has 1 saturated heterocycles. The summed E-state index contributed by atoms with van der Waals surface area (Å²) in [4.78, 5) is 33.0. The van der Waals surface area contributed by atoms with E-state index in [4.69, 9.17) is 0 Å². The molecule has 0 bridgehead atoms. The number of benzene rings is 2. The number of hydrogen-bond donors (Lipinski definition) is 2. The number of sulfone groups is 1. The third kappa shape index (κ3) is 4.38. The number of hydrogen-bond acceptors (Lipinski definition) is 6. The van der Waals surface area contributed by atoms with Crippen LogP contribution in [-0.4, -0.2) is 58.5 Å². The van der Waals surface area contributed by atoms with Crippen LogP contribution in [0.15, 0.2) is 60.0 Å². The minimum Gasteiger partial charge on any atom is -0.345 e. The molecule has 33 heavy (non-hydrogen) atoms. The van der Waals surface area contributed by atoms with Crippen molar-refractivity contribution in [3.8, 4) is 0 Å². The highest BCUT2D eigenvalue weighted by molar-refractivity contribution is 7.91. The number of carbonyl (C=O) groups is 2. The van der Waals surface area contributed by atoms with Crippen molar-refractivity contribution >= 4 is 38.4 Å². The molecule has 3 aromatic rings. The maximum absolute atomic E-state index is 13.2. The SMILES string of the molecule is O=C(N[C@@H](c1ccccc1)c1ccc2nc[nH]c2c1)C1=NN([C@@H]2CCS(=O)(=O)C2)C(=O)CC1. The van der Waals surface area contributed by atoms with Crippen LogP contribution in [0.5, 0.6) is 0 Å². The van der Waals surface area contributed by atoms with Crippen LogP contribution in [0, 0.1) is 0 Å².